The predicted octanol–water partition coefficient (Wildman–Crippen LogP) is 2.56. The summed E-state index contributed by atoms with van der Waals surface area (Å²) >= 11 is 0. The van der Waals surface area contributed by atoms with Gasteiger partial charge in [-0.15, -0.1) is 0 Å². The van der Waals surface area contributed by atoms with Crippen molar-refractivity contribution in [1.82, 2.24) is 5.16 Å². The van der Waals surface area contributed by atoms with E-state index in [2.05, 4.69) is 22.1 Å². The zero-order valence-corrected chi connectivity index (χ0v) is 16.8. The van der Waals surface area contributed by atoms with Crippen molar-refractivity contribution in [2.75, 3.05) is 36.5 Å². The van der Waals surface area contributed by atoms with Crippen molar-refractivity contribution in [3.05, 3.63) is 36.1 Å². The molecule has 28 heavy (non-hydrogen) atoms. The zero-order chi connectivity index (χ0) is 20.4. The van der Waals surface area contributed by atoms with Gasteiger partial charge in [0.25, 0.3) is 10.0 Å². The highest BCUT2D eigenvalue weighted by molar-refractivity contribution is 7.92. The van der Waals surface area contributed by atoms with E-state index >= 15 is 0 Å². The van der Waals surface area contributed by atoms with E-state index in [-0.39, 0.29) is 23.2 Å². The first kappa shape index (κ1) is 21.9. The summed E-state index contributed by atoms with van der Waals surface area (Å²) in [5, 5.41) is 6.23. The van der Waals surface area contributed by atoms with Crippen LogP contribution in [0.2, 0.25) is 0 Å². The maximum absolute atomic E-state index is 12.3. The second kappa shape index (κ2) is 10.8. The number of aromatic nitrogens is 1. The molecule has 0 bridgehead atoms. The van der Waals surface area contributed by atoms with Crippen LogP contribution in [0.3, 0.4) is 0 Å². The molecule has 154 valence electrons. The van der Waals surface area contributed by atoms with Gasteiger partial charge in [0.2, 0.25) is 5.91 Å². The molecule has 1 aromatic carbocycles. The number of carbonyl (C=O) groups excluding carboxylic acids is 1. The molecule has 10 heteroatoms. The van der Waals surface area contributed by atoms with Gasteiger partial charge in [-0.3, -0.25) is 9.52 Å². The molecule has 0 saturated heterocycles. The molecule has 0 saturated carbocycles. The smallest absolute Gasteiger partial charge is 0.263 e. The maximum atomic E-state index is 12.3. The highest BCUT2D eigenvalue weighted by Gasteiger charge is 2.16. The van der Waals surface area contributed by atoms with Gasteiger partial charge in [-0.2, -0.15) is 0 Å². The highest BCUT2D eigenvalue weighted by atomic mass is 32.2. The molecule has 1 aromatic heterocycles. The number of hydrogen-bond acceptors (Lipinski definition) is 7. The van der Waals surface area contributed by atoms with Gasteiger partial charge in [-0.25, -0.2) is 8.42 Å². The van der Waals surface area contributed by atoms with Gasteiger partial charge in [-0.05, 0) is 37.6 Å². The fraction of sp³-hybridized carbons (Fsp3) is 0.444. The van der Waals surface area contributed by atoms with Crippen molar-refractivity contribution >= 4 is 27.4 Å². The van der Waals surface area contributed by atoms with Crippen LogP contribution in [-0.2, 0) is 24.3 Å². The zero-order valence-electron chi connectivity index (χ0n) is 15.9. The first-order chi connectivity index (χ1) is 13.4. The van der Waals surface area contributed by atoms with Crippen molar-refractivity contribution < 1.29 is 27.2 Å². The minimum absolute atomic E-state index is 0.0339. The molecular formula is C18H25N3O6S. The number of benzene rings is 1. The Balaban J connectivity index is 1.78. The Morgan fingerprint density at radius 1 is 1.14 bits per heavy atom. The first-order valence-electron chi connectivity index (χ1n) is 8.92. The van der Waals surface area contributed by atoms with Crippen molar-refractivity contribution in [2.24, 2.45) is 0 Å². The molecule has 2 N–H and O–H groups in total. The van der Waals surface area contributed by atoms with Crippen LogP contribution in [0.25, 0.3) is 0 Å². The highest BCUT2D eigenvalue weighted by Crippen LogP contribution is 2.18. The van der Waals surface area contributed by atoms with Crippen LogP contribution in [0.15, 0.2) is 39.8 Å². The minimum atomic E-state index is -3.80. The quantitative estimate of drug-likeness (QED) is 0.515. The van der Waals surface area contributed by atoms with Gasteiger partial charge < -0.3 is 19.3 Å². The van der Waals surface area contributed by atoms with Crippen LogP contribution < -0.4 is 10.0 Å². The Morgan fingerprint density at radius 3 is 2.50 bits per heavy atom. The Kier molecular flexibility index (Phi) is 8.42. The first-order valence-corrected chi connectivity index (χ1v) is 10.4. The lowest BCUT2D eigenvalue weighted by Gasteiger charge is -2.08. The molecule has 9 nitrogen and oxygen atoms in total. The number of nitrogens with zero attached hydrogens (tertiary/aromatic N) is 1. The van der Waals surface area contributed by atoms with Gasteiger partial charge in [0.1, 0.15) is 12.4 Å². The van der Waals surface area contributed by atoms with E-state index in [1.165, 1.54) is 30.3 Å². The number of hydrogen-bond donors (Lipinski definition) is 2. The Bertz CT molecular complexity index is 848. The Morgan fingerprint density at radius 2 is 1.86 bits per heavy atom. The third kappa shape index (κ3) is 7.29. The summed E-state index contributed by atoms with van der Waals surface area (Å²) in [6.07, 6.45) is 2.07. The normalized spacial score (nSPS) is 11.4. The molecular weight excluding hydrogens is 386 g/mol. The summed E-state index contributed by atoms with van der Waals surface area (Å²) < 4.78 is 42.3. The van der Waals surface area contributed by atoms with Crippen LogP contribution in [0.5, 0.6) is 0 Å². The number of unbranched alkanes of at least 4 members (excludes halogenated alkanes) is 1. The summed E-state index contributed by atoms with van der Waals surface area (Å²) in [5.74, 6) is 0.261. The third-order valence-electron chi connectivity index (χ3n) is 3.56. The summed E-state index contributed by atoms with van der Waals surface area (Å²) in [4.78, 5) is 11.9. The molecule has 0 atom stereocenters. The number of carbonyl (C=O) groups is 1. The second-order valence-corrected chi connectivity index (χ2v) is 7.70. The second-order valence-electron chi connectivity index (χ2n) is 6.02. The van der Waals surface area contributed by atoms with E-state index in [1.807, 2.05) is 0 Å². The lowest BCUT2D eigenvalue weighted by Crippen LogP contribution is -2.20. The van der Waals surface area contributed by atoms with Gasteiger partial charge in [0, 0.05) is 18.4 Å². The number of rotatable bonds is 12. The predicted molar refractivity (Wildman–Crippen MR) is 104 cm³/mol. The monoisotopic (exact) mass is 411 g/mol. The standard InChI is InChI=1S/C18H25N3O6S/c1-3-4-9-25-10-11-26-13-18(22)19-15-5-7-16(8-6-15)28(23,24)21-17-12-14(2)27-20-17/h5-8,12H,3-4,9-11,13H2,1-2H3,(H,19,22)(H,20,21). The van der Waals surface area contributed by atoms with Gasteiger partial charge >= 0.3 is 0 Å². The third-order valence-corrected chi connectivity index (χ3v) is 4.93. The minimum Gasteiger partial charge on any atom is -0.379 e. The molecule has 0 aliphatic carbocycles. The summed E-state index contributed by atoms with van der Waals surface area (Å²) in [7, 11) is -3.80. The molecule has 0 aliphatic heterocycles. The molecule has 2 aromatic rings. The fourth-order valence-electron chi connectivity index (χ4n) is 2.16. The Hall–Kier alpha value is -2.43. The van der Waals surface area contributed by atoms with Crippen molar-refractivity contribution in [3.8, 4) is 0 Å². The van der Waals surface area contributed by atoms with Crippen LogP contribution in [0.1, 0.15) is 25.5 Å². The molecule has 2 rings (SSSR count). The molecule has 0 unspecified atom stereocenters. The molecule has 0 fully saturated rings. The van der Waals surface area contributed by atoms with Crippen LogP contribution in [0.4, 0.5) is 11.5 Å². The van der Waals surface area contributed by atoms with Crippen LogP contribution in [-0.4, -0.2) is 45.9 Å². The van der Waals surface area contributed by atoms with Crippen LogP contribution in [0, 0.1) is 6.92 Å². The largest absolute Gasteiger partial charge is 0.379 e. The van der Waals surface area contributed by atoms with Gasteiger partial charge in [0.05, 0.1) is 18.1 Å². The fourth-order valence-corrected chi connectivity index (χ4v) is 3.14. The summed E-state index contributed by atoms with van der Waals surface area (Å²) in [6.45, 7) is 5.10. The van der Waals surface area contributed by atoms with E-state index in [4.69, 9.17) is 14.0 Å². The molecule has 1 amide bonds. The summed E-state index contributed by atoms with van der Waals surface area (Å²) in [6, 6.07) is 7.23. The molecule has 1 heterocycles. The van der Waals surface area contributed by atoms with Crippen molar-refractivity contribution in [2.45, 2.75) is 31.6 Å². The Labute approximate surface area is 164 Å². The van der Waals surface area contributed by atoms with Crippen LogP contribution >= 0.6 is 0 Å². The van der Waals surface area contributed by atoms with Crippen molar-refractivity contribution in [3.63, 3.8) is 0 Å². The van der Waals surface area contributed by atoms with Crippen molar-refractivity contribution in [1.29, 1.82) is 0 Å². The van der Waals surface area contributed by atoms with E-state index in [1.54, 1.807) is 6.92 Å². The number of anilines is 2. The van der Waals surface area contributed by atoms with Gasteiger partial charge in [0.15, 0.2) is 5.82 Å². The van der Waals surface area contributed by atoms with E-state index in [0.717, 1.165) is 12.8 Å². The topological polar surface area (TPSA) is 120 Å². The number of amides is 1. The number of sulfonamides is 1. The number of aryl methyl sites for hydroxylation is 1. The summed E-state index contributed by atoms with van der Waals surface area (Å²) in [5.41, 5.74) is 0.462. The van der Waals surface area contributed by atoms with E-state index in [9.17, 15) is 13.2 Å². The number of ether oxygens (including phenoxy) is 2. The average molecular weight is 411 g/mol. The van der Waals surface area contributed by atoms with E-state index < -0.39 is 10.0 Å². The molecule has 0 aliphatic rings. The van der Waals surface area contributed by atoms with Gasteiger partial charge in [-0.1, -0.05) is 18.5 Å². The molecule has 0 radical (unpaired) electrons. The molecule has 0 spiro atoms. The lowest BCUT2D eigenvalue weighted by atomic mass is 10.3. The van der Waals surface area contributed by atoms with E-state index in [0.29, 0.717) is 31.3 Å². The SMILES string of the molecule is CCCCOCCOCC(=O)Nc1ccc(S(=O)(=O)Nc2cc(C)on2)cc1. The maximum Gasteiger partial charge on any atom is 0.263 e. The number of nitrogens with one attached hydrogen (secondary N) is 2. The average Bonchev–Trinajstić information content (AvgIpc) is 3.05. The lowest BCUT2D eigenvalue weighted by molar-refractivity contribution is -0.121.